The fraction of sp³-hybridized carbons (Fsp3) is 0.556. The van der Waals surface area contributed by atoms with Gasteiger partial charge in [-0.1, -0.05) is 25.0 Å². The summed E-state index contributed by atoms with van der Waals surface area (Å²) in [4.78, 5) is 25.3. The Hall–Kier alpha value is -1.93. The molecule has 0 spiro atoms. The van der Waals surface area contributed by atoms with Crippen LogP contribution in [-0.4, -0.2) is 60.8 Å². The van der Waals surface area contributed by atoms with E-state index in [-0.39, 0.29) is 28.8 Å². The van der Waals surface area contributed by atoms with E-state index in [4.69, 9.17) is 0 Å². The van der Waals surface area contributed by atoms with Gasteiger partial charge in [-0.2, -0.15) is 0 Å². The molecule has 0 radical (unpaired) electrons. The number of amides is 1. The van der Waals surface area contributed by atoms with Crippen LogP contribution in [0.3, 0.4) is 0 Å². The molecule has 26 heavy (non-hydrogen) atoms. The molecule has 0 aromatic heterocycles. The van der Waals surface area contributed by atoms with Crippen molar-refractivity contribution in [3.05, 3.63) is 29.8 Å². The second-order valence-electron chi connectivity index (χ2n) is 7.14. The monoisotopic (exact) mass is 380 g/mol. The molecule has 1 saturated carbocycles. The van der Waals surface area contributed by atoms with E-state index in [9.17, 15) is 23.1 Å². The molecular formula is C18H24N2O5S. The van der Waals surface area contributed by atoms with Crippen LogP contribution < -0.4 is 0 Å². The first-order valence-corrected chi connectivity index (χ1v) is 10.3. The topological polar surface area (TPSA) is 95.0 Å². The number of rotatable bonds is 6. The van der Waals surface area contributed by atoms with Gasteiger partial charge in [-0.15, -0.1) is 0 Å². The molecule has 7 nitrogen and oxygen atoms in total. The van der Waals surface area contributed by atoms with E-state index < -0.39 is 16.0 Å². The predicted molar refractivity (Wildman–Crippen MR) is 95.3 cm³/mol. The van der Waals surface area contributed by atoms with Crippen molar-refractivity contribution in [3.63, 3.8) is 0 Å². The van der Waals surface area contributed by atoms with Crippen LogP contribution in [0.4, 0.5) is 0 Å². The minimum Gasteiger partial charge on any atom is -0.478 e. The van der Waals surface area contributed by atoms with E-state index >= 15 is 0 Å². The van der Waals surface area contributed by atoms with Crippen LogP contribution in [0, 0.1) is 5.92 Å². The molecule has 1 saturated heterocycles. The zero-order valence-electron chi connectivity index (χ0n) is 14.8. The van der Waals surface area contributed by atoms with Crippen molar-refractivity contribution in [1.82, 2.24) is 9.21 Å². The molecule has 1 atom stereocenters. The van der Waals surface area contributed by atoms with Crippen LogP contribution in [0.1, 0.15) is 42.5 Å². The van der Waals surface area contributed by atoms with Crippen LogP contribution in [0.2, 0.25) is 0 Å². The summed E-state index contributed by atoms with van der Waals surface area (Å²) in [5.74, 6) is -1.25. The predicted octanol–water partition coefficient (Wildman–Crippen LogP) is 1.80. The normalized spacial score (nSPS) is 21.7. The molecular weight excluding hydrogens is 356 g/mol. The lowest BCUT2D eigenvalue weighted by molar-refractivity contribution is -0.129. The highest BCUT2D eigenvalue weighted by Crippen LogP contribution is 2.30. The van der Waals surface area contributed by atoms with E-state index in [1.165, 1.54) is 35.6 Å². The van der Waals surface area contributed by atoms with Gasteiger partial charge >= 0.3 is 5.97 Å². The Morgan fingerprint density at radius 1 is 1.27 bits per heavy atom. The lowest BCUT2D eigenvalue weighted by atomic mass is 10.1. The number of aromatic carboxylic acids is 1. The van der Waals surface area contributed by atoms with Gasteiger partial charge in [0.25, 0.3) is 0 Å². The van der Waals surface area contributed by atoms with Crippen LogP contribution in [0.5, 0.6) is 0 Å². The Kier molecular flexibility index (Phi) is 5.34. The molecule has 2 aliphatic rings. The quantitative estimate of drug-likeness (QED) is 0.812. The van der Waals surface area contributed by atoms with Gasteiger partial charge in [-0.05, 0) is 30.9 Å². The van der Waals surface area contributed by atoms with Gasteiger partial charge in [-0.3, -0.25) is 4.79 Å². The average Bonchev–Trinajstić information content (AvgIpc) is 3.24. The summed E-state index contributed by atoms with van der Waals surface area (Å²) in [5, 5.41) is 9.25. The van der Waals surface area contributed by atoms with Crippen molar-refractivity contribution in [2.45, 2.75) is 43.0 Å². The van der Waals surface area contributed by atoms with Gasteiger partial charge in [0.2, 0.25) is 15.9 Å². The zero-order valence-corrected chi connectivity index (χ0v) is 15.6. The largest absolute Gasteiger partial charge is 0.478 e. The Morgan fingerprint density at radius 2 is 1.92 bits per heavy atom. The lowest BCUT2D eigenvalue weighted by Crippen LogP contribution is -2.36. The number of carbonyl (C=O) groups excluding carboxylic acids is 1. The SMILES string of the molecule is CN(CC1CC(=O)N(C2CCCC2)C1)S(=O)(=O)c1ccccc1C(=O)O. The Balaban J connectivity index is 1.72. The molecule has 1 heterocycles. The molecule has 1 aliphatic carbocycles. The highest BCUT2D eigenvalue weighted by Gasteiger charge is 2.37. The number of sulfonamides is 1. The molecule has 1 amide bonds. The Labute approximate surface area is 153 Å². The summed E-state index contributed by atoms with van der Waals surface area (Å²) in [5.41, 5.74) is -0.241. The van der Waals surface area contributed by atoms with Crippen molar-refractivity contribution < 1.29 is 23.1 Å². The molecule has 1 unspecified atom stereocenters. The second-order valence-corrected chi connectivity index (χ2v) is 9.15. The van der Waals surface area contributed by atoms with Crippen molar-refractivity contribution >= 4 is 21.9 Å². The van der Waals surface area contributed by atoms with Crippen molar-refractivity contribution in [3.8, 4) is 0 Å². The standard InChI is InChI=1S/C18H24N2O5S/c1-19(26(24,25)16-9-5-4-8-15(16)18(22)23)11-13-10-17(21)20(12-13)14-6-2-3-7-14/h4-5,8-9,13-14H,2-3,6-7,10-12H2,1H3,(H,22,23). The maximum atomic E-state index is 12.8. The van der Waals surface area contributed by atoms with E-state index in [2.05, 4.69) is 0 Å². The molecule has 1 aliphatic heterocycles. The van der Waals surface area contributed by atoms with Crippen LogP contribution in [-0.2, 0) is 14.8 Å². The van der Waals surface area contributed by atoms with Crippen molar-refractivity contribution in [1.29, 1.82) is 0 Å². The maximum Gasteiger partial charge on any atom is 0.337 e. The molecule has 3 rings (SSSR count). The first kappa shape index (κ1) is 18.8. The minimum atomic E-state index is -3.93. The number of carboxylic acids is 1. The summed E-state index contributed by atoms with van der Waals surface area (Å²) in [7, 11) is -2.49. The zero-order chi connectivity index (χ0) is 18.9. The molecule has 1 N–H and O–H groups in total. The third-order valence-electron chi connectivity index (χ3n) is 5.33. The van der Waals surface area contributed by atoms with Crippen molar-refractivity contribution in [2.24, 2.45) is 5.92 Å². The van der Waals surface area contributed by atoms with Gasteiger partial charge in [-0.25, -0.2) is 17.5 Å². The number of likely N-dealkylation sites (tertiary alicyclic amines) is 1. The number of nitrogens with zero attached hydrogens (tertiary/aromatic N) is 2. The van der Waals surface area contributed by atoms with Crippen LogP contribution in [0.25, 0.3) is 0 Å². The Bertz CT molecular complexity index is 802. The smallest absolute Gasteiger partial charge is 0.337 e. The second kappa shape index (κ2) is 7.36. The van der Waals surface area contributed by atoms with Gasteiger partial charge in [0.05, 0.1) is 10.5 Å². The van der Waals surface area contributed by atoms with E-state index in [0.29, 0.717) is 19.0 Å². The van der Waals surface area contributed by atoms with Crippen LogP contribution in [0.15, 0.2) is 29.2 Å². The van der Waals surface area contributed by atoms with Gasteiger partial charge in [0.15, 0.2) is 0 Å². The molecule has 0 bridgehead atoms. The van der Waals surface area contributed by atoms with Gasteiger partial charge in [0.1, 0.15) is 0 Å². The van der Waals surface area contributed by atoms with E-state index in [0.717, 1.165) is 25.7 Å². The number of carboxylic acid groups (broad SMARTS) is 1. The number of benzene rings is 1. The third-order valence-corrected chi connectivity index (χ3v) is 7.21. The maximum absolute atomic E-state index is 12.8. The minimum absolute atomic E-state index is 0.0696. The molecule has 8 heteroatoms. The molecule has 142 valence electrons. The number of carbonyl (C=O) groups is 2. The highest BCUT2D eigenvalue weighted by molar-refractivity contribution is 7.89. The fourth-order valence-electron chi connectivity index (χ4n) is 4.00. The third kappa shape index (κ3) is 3.61. The molecule has 1 aromatic rings. The fourth-order valence-corrected chi connectivity index (χ4v) is 5.42. The van der Waals surface area contributed by atoms with Gasteiger partial charge in [0, 0.05) is 32.6 Å². The molecule has 2 fully saturated rings. The summed E-state index contributed by atoms with van der Waals surface area (Å²) >= 11 is 0. The summed E-state index contributed by atoms with van der Waals surface area (Å²) in [6, 6.07) is 5.89. The number of hydrogen-bond donors (Lipinski definition) is 1. The molecule has 1 aromatic carbocycles. The van der Waals surface area contributed by atoms with Crippen LogP contribution >= 0.6 is 0 Å². The highest BCUT2D eigenvalue weighted by atomic mass is 32.2. The first-order valence-electron chi connectivity index (χ1n) is 8.89. The summed E-state index contributed by atoms with van der Waals surface area (Å²) in [6.07, 6.45) is 4.67. The van der Waals surface area contributed by atoms with Gasteiger partial charge < -0.3 is 10.0 Å². The summed E-state index contributed by atoms with van der Waals surface area (Å²) < 4.78 is 26.8. The Morgan fingerprint density at radius 3 is 2.58 bits per heavy atom. The van der Waals surface area contributed by atoms with Crippen molar-refractivity contribution in [2.75, 3.05) is 20.1 Å². The number of hydrogen-bond acceptors (Lipinski definition) is 4. The first-order chi connectivity index (χ1) is 12.3. The van der Waals surface area contributed by atoms with E-state index in [1.54, 1.807) is 0 Å². The van der Waals surface area contributed by atoms with E-state index in [1.807, 2.05) is 4.90 Å². The average molecular weight is 380 g/mol. The lowest BCUT2D eigenvalue weighted by Gasteiger charge is -2.25. The summed E-state index contributed by atoms with van der Waals surface area (Å²) in [6.45, 7) is 0.773.